The first-order chi connectivity index (χ1) is 10.5. The molecule has 0 aromatic heterocycles. The summed E-state index contributed by atoms with van der Waals surface area (Å²) >= 11 is 11.7. The maximum Gasteiger partial charge on any atom is 0.490 e. The Kier molecular flexibility index (Phi) is 6.94. The Morgan fingerprint density at radius 1 is 1.35 bits per heavy atom. The Morgan fingerprint density at radius 3 is 2.30 bits per heavy atom. The van der Waals surface area contributed by atoms with Crippen molar-refractivity contribution in [3.05, 3.63) is 27.7 Å². The van der Waals surface area contributed by atoms with Gasteiger partial charge in [-0.15, -0.1) is 0 Å². The highest BCUT2D eigenvalue weighted by Gasteiger charge is 2.38. The van der Waals surface area contributed by atoms with Crippen molar-refractivity contribution >= 4 is 29.2 Å². The van der Waals surface area contributed by atoms with E-state index in [0.717, 1.165) is 19.5 Å². The van der Waals surface area contributed by atoms with Crippen LogP contribution in [-0.4, -0.2) is 35.4 Å². The first-order valence-electron chi connectivity index (χ1n) is 6.48. The van der Waals surface area contributed by atoms with Gasteiger partial charge in [0.2, 0.25) is 0 Å². The number of rotatable bonds is 2. The molecule has 1 aromatic rings. The maximum absolute atomic E-state index is 10.6. The average molecular weight is 375 g/mol. The number of aliphatic carboxylic acids is 1. The molecule has 1 aromatic carbocycles. The van der Waals surface area contributed by atoms with Crippen molar-refractivity contribution in [1.82, 2.24) is 5.32 Å². The summed E-state index contributed by atoms with van der Waals surface area (Å²) in [6.07, 6.45) is -4.07. The highest BCUT2D eigenvalue weighted by Crippen LogP contribution is 2.36. The Labute approximate surface area is 140 Å². The fraction of sp³-hybridized carbons (Fsp3) is 0.462. The van der Waals surface area contributed by atoms with E-state index >= 15 is 0 Å². The SMILES string of the molecule is NC(c1cc(Cl)c(Cl)cc1O)C1CCNC1.O=C(O)C(F)(F)F. The molecule has 1 aliphatic rings. The first kappa shape index (κ1) is 19.8. The number of hydrogen-bond donors (Lipinski definition) is 4. The minimum Gasteiger partial charge on any atom is -0.508 e. The number of hydrogen-bond acceptors (Lipinski definition) is 4. The summed E-state index contributed by atoms with van der Waals surface area (Å²) in [6, 6.07) is 2.90. The highest BCUT2D eigenvalue weighted by atomic mass is 35.5. The van der Waals surface area contributed by atoms with Crippen molar-refractivity contribution in [3.63, 3.8) is 0 Å². The molecule has 5 nitrogen and oxygen atoms in total. The van der Waals surface area contributed by atoms with Crippen LogP contribution in [0.5, 0.6) is 5.75 Å². The van der Waals surface area contributed by atoms with Crippen molar-refractivity contribution in [2.75, 3.05) is 13.1 Å². The molecular weight excluding hydrogens is 360 g/mol. The first-order valence-corrected chi connectivity index (χ1v) is 7.24. The smallest absolute Gasteiger partial charge is 0.490 e. The number of benzene rings is 1. The summed E-state index contributed by atoms with van der Waals surface area (Å²) in [5, 5.41) is 20.9. The molecule has 1 aliphatic heterocycles. The minimum absolute atomic E-state index is 0.119. The van der Waals surface area contributed by atoms with Crippen LogP contribution in [0.4, 0.5) is 13.2 Å². The Morgan fingerprint density at radius 2 is 1.87 bits per heavy atom. The second-order valence-electron chi connectivity index (χ2n) is 4.91. The van der Waals surface area contributed by atoms with Crippen LogP contribution in [0.15, 0.2) is 12.1 Å². The van der Waals surface area contributed by atoms with Gasteiger partial charge in [-0.05, 0) is 31.5 Å². The third-order valence-electron chi connectivity index (χ3n) is 3.28. The summed E-state index contributed by atoms with van der Waals surface area (Å²) in [6.45, 7) is 1.85. The van der Waals surface area contributed by atoms with E-state index in [1.807, 2.05) is 0 Å². The third-order valence-corrected chi connectivity index (χ3v) is 4.00. The molecule has 130 valence electrons. The van der Waals surface area contributed by atoms with Crippen LogP contribution in [0.1, 0.15) is 18.0 Å². The normalized spacial score (nSPS) is 19.0. The summed E-state index contributed by atoms with van der Waals surface area (Å²) in [5.41, 5.74) is 6.79. The highest BCUT2D eigenvalue weighted by molar-refractivity contribution is 6.42. The lowest BCUT2D eigenvalue weighted by Crippen LogP contribution is -2.23. The zero-order valence-electron chi connectivity index (χ0n) is 11.7. The minimum atomic E-state index is -5.08. The second-order valence-corrected chi connectivity index (χ2v) is 5.72. The third kappa shape index (κ3) is 5.72. The van der Waals surface area contributed by atoms with Gasteiger partial charge in [-0.1, -0.05) is 23.2 Å². The molecule has 23 heavy (non-hydrogen) atoms. The van der Waals surface area contributed by atoms with Crippen LogP contribution >= 0.6 is 23.2 Å². The number of phenols is 1. The molecule has 0 aliphatic carbocycles. The van der Waals surface area contributed by atoms with Crippen LogP contribution < -0.4 is 11.1 Å². The predicted octanol–water partition coefficient (Wildman–Crippen LogP) is 2.94. The molecule has 1 fully saturated rings. The fourth-order valence-corrected chi connectivity index (χ4v) is 2.39. The molecule has 2 rings (SSSR count). The number of alkyl halides is 3. The van der Waals surface area contributed by atoms with E-state index in [2.05, 4.69) is 5.32 Å². The van der Waals surface area contributed by atoms with Crippen LogP contribution in [0.3, 0.4) is 0 Å². The summed E-state index contributed by atoms with van der Waals surface area (Å²) in [5.74, 6) is -2.30. The van der Waals surface area contributed by atoms with Gasteiger partial charge in [-0.25, -0.2) is 4.79 Å². The molecule has 0 bridgehead atoms. The lowest BCUT2D eigenvalue weighted by atomic mass is 9.92. The van der Waals surface area contributed by atoms with Gasteiger partial charge in [0.25, 0.3) is 0 Å². The van der Waals surface area contributed by atoms with Crippen molar-refractivity contribution in [1.29, 1.82) is 0 Å². The molecule has 0 spiro atoms. The zero-order valence-corrected chi connectivity index (χ0v) is 13.2. The summed E-state index contributed by atoms with van der Waals surface area (Å²) < 4.78 is 31.7. The van der Waals surface area contributed by atoms with Gasteiger partial charge >= 0.3 is 12.1 Å². The van der Waals surface area contributed by atoms with Gasteiger partial charge in [0.15, 0.2) is 0 Å². The van der Waals surface area contributed by atoms with Crippen LogP contribution in [-0.2, 0) is 4.79 Å². The van der Waals surface area contributed by atoms with E-state index in [-0.39, 0.29) is 11.8 Å². The second kappa shape index (κ2) is 8.05. The number of carbonyl (C=O) groups is 1. The number of nitrogens with one attached hydrogen (secondary N) is 1. The molecule has 0 saturated carbocycles. The lowest BCUT2D eigenvalue weighted by Gasteiger charge is -2.20. The number of phenolic OH excluding ortho intramolecular Hbond substituents is 1. The van der Waals surface area contributed by atoms with Gasteiger partial charge < -0.3 is 21.3 Å². The molecule has 0 amide bonds. The van der Waals surface area contributed by atoms with Gasteiger partial charge in [0.05, 0.1) is 10.0 Å². The number of aromatic hydroxyl groups is 1. The van der Waals surface area contributed by atoms with Crippen LogP contribution in [0.25, 0.3) is 0 Å². The lowest BCUT2D eigenvalue weighted by molar-refractivity contribution is -0.192. The van der Waals surface area contributed by atoms with E-state index in [1.165, 1.54) is 6.07 Å². The van der Waals surface area contributed by atoms with Crippen LogP contribution in [0, 0.1) is 5.92 Å². The Hall–Kier alpha value is -1.22. The predicted molar refractivity (Wildman–Crippen MR) is 79.7 cm³/mol. The summed E-state index contributed by atoms with van der Waals surface area (Å²) in [4.78, 5) is 8.90. The van der Waals surface area contributed by atoms with E-state index in [0.29, 0.717) is 21.5 Å². The van der Waals surface area contributed by atoms with Gasteiger partial charge in [-0.2, -0.15) is 13.2 Å². The van der Waals surface area contributed by atoms with Crippen molar-refractivity contribution in [2.45, 2.75) is 18.6 Å². The number of halogens is 5. The Balaban J connectivity index is 0.000000322. The number of carboxylic acid groups (broad SMARTS) is 1. The molecule has 1 heterocycles. The molecule has 1 saturated heterocycles. The van der Waals surface area contributed by atoms with E-state index in [4.69, 9.17) is 38.8 Å². The summed E-state index contributed by atoms with van der Waals surface area (Å²) in [7, 11) is 0. The van der Waals surface area contributed by atoms with Gasteiger partial charge in [-0.3, -0.25) is 0 Å². The standard InChI is InChI=1S/C11H14Cl2N2O.C2HF3O2/c12-8-3-7(10(16)4-9(8)13)11(14)6-1-2-15-5-6;3-2(4,5)1(6)7/h3-4,6,11,15-16H,1-2,5,14H2;(H,6,7). The Bertz CT molecular complexity index is 564. The molecule has 5 N–H and O–H groups in total. The quantitative estimate of drug-likeness (QED) is 0.638. The largest absolute Gasteiger partial charge is 0.508 e. The number of carboxylic acids is 1. The van der Waals surface area contributed by atoms with Gasteiger partial charge in [0.1, 0.15) is 5.75 Å². The molecule has 0 radical (unpaired) electrons. The average Bonchev–Trinajstić information content (AvgIpc) is 2.96. The van der Waals surface area contributed by atoms with Crippen molar-refractivity contribution in [2.24, 2.45) is 11.7 Å². The van der Waals surface area contributed by atoms with Crippen molar-refractivity contribution in [3.8, 4) is 5.75 Å². The number of nitrogens with two attached hydrogens (primary N) is 1. The van der Waals surface area contributed by atoms with Crippen molar-refractivity contribution < 1.29 is 28.2 Å². The zero-order chi connectivity index (χ0) is 17.8. The fourth-order valence-electron chi connectivity index (χ4n) is 2.06. The topological polar surface area (TPSA) is 95.6 Å². The molecular formula is C13H15Cl2F3N2O3. The molecule has 2 unspecified atom stereocenters. The van der Waals surface area contributed by atoms with Crippen LogP contribution in [0.2, 0.25) is 10.0 Å². The maximum atomic E-state index is 10.6. The molecule has 2 atom stereocenters. The van der Waals surface area contributed by atoms with Gasteiger partial charge in [0, 0.05) is 17.7 Å². The van der Waals surface area contributed by atoms with E-state index < -0.39 is 12.1 Å². The van der Waals surface area contributed by atoms with E-state index in [9.17, 15) is 18.3 Å². The molecule has 10 heteroatoms. The van der Waals surface area contributed by atoms with E-state index in [1.54, 1.807) is 6.07 Å². The monoisotopic (exact) mass is 374 g/mol.